The number of nitrogen functional groups attached to an aromatic ring is 1. The lowest BCUT2D eigenvalue weighted by Crippen LogP contribution is -2.37. The molecule has 1 aliphatic rings. The Hall–Kier alpha value is -1.81. The molecule has 2 heterocycles. The first-order valence-electron chi connectivity index (χ1n) is 5.84. The van der Waals surface area contributed by atoms with E-state index in [2.05, 4.69) is 4.98 Å². The molecule has 9 heteroatoms. The first kappa shape index (κ1) is 14.6. The molecule has 0 spiro atoms. The number of ether oxygens (including phenoxy) is 2. The molecule has 0 aliphatic carbocycles. The molecule has 1 saturated heterocycles. The van der Waals surface area contributed by atoms with Crippen molar-refractivity contribution in [1.29, 1.82) is 0 Å². The molecule has 0 unspecified atom stereocenters. The first-order chi connectivity index (χ1) is 9.53. The highest BCUT2D eigenvalue weighted by atomic mass is 16.6. The third-order valence-electron chi connectivity index (χ3n) is 3.18. The van der Waals surface area contributed by atoms with Gasteiger partial charge < -0.3 is 25.4 Å². The minimum atomic E-state index is -1.11. The highest BCUT2D eigenvalue weighted by molar-refractivity contribution is 5.80. The van der Waals surface area contributed by atoms with E-state index in [1.807, 2.05) is 0 Å². The van der Waals surface area contributed by atoms with Crippen LogP contribution in [-0.4, -0.2) is 58.1 Å². The number of hydrogen-bond donors (Lipinski definition) is 3. The van der Waals surface area contributed by atoms with Gasteiger partial charge in [-0.2, -0.15) is 4.98 Å². The fourth-order valence-corrected chi connectivity index (χ4v) is 2.12. The van der Waals surface area contributed by atoms with E-state index in [0.717, 1.165) is 4.57 Å². The molecule has 0 aromatic carbocycles. The largest absolute Gasteiger partial charge is 0.394 e. The van der Waals surface area contributed by atoms with E-state index in [1.54, 1.807) is 0 Å². The van der Waals surface area contributed by atoms with Crippen LogP contribution < -0.4 is 11.4 Å². The topological polar surface area (TPSA) is 137 Å². The Morgan fingerprint density at radius 3 is 2.90 bits per heavy atom. The maximum absolute atomic E-state index is 11.8. The molecular formula is C11H15N3O6. The van der Waals surface area contributed by atoms with Crippen molar-refractivity contribution in [1.82, 2.24) is 9.55 Å². The highest BCUT2D eigenvalue weighted by Crippen LogP contribution is 2.30. The second kappa shape index (κ2) is 5.67. The summed E-state index contributed by atoms with van der Waals surface area (Å²) in [7, 11) is 1.33. The summed E-state index contributed by atoms with van der Waals surface area (Å²) in [6.07, 6.45) is -2.26. The Morgan fingerprint density at radius 2 is 2.35 bits per heavy atom. The minimum absolute atomic E-state index is 0.0185. The zero-order chi connectivity index (χ0) is 14.9. The van der Waals surface area contributed by atoms with E-state index in [-0.39, 0.29) is 11.4 Å². The van der Waals surface area contributed by atoms with Crippen molar-refractivity contribution in [2.45, 2.75) is 24.5 Å². The molecule has 110 valence electrons. The number of nitrogens with zero attached hydrogens (tertiary/aromatic N) is 2. The van der Waals surface area contributed by atoms with Gasteiger partial charge in [-0.25, -0.2) is 4.79 Å². The molecule has 1 aromatic rings. The van der Waals surface area contributed by atoms with E-state index in [4.69, 9.17) is 20.3 Å². The summed E-state index contributed by atoms with van der Waals surface area (Å²) in [5, 5.41) is 19.0. The SMILES string of the molecule is CO[C@H]1[C@@H](O)[C@@H](CO)O[C@H]1n1cc(C=O)c(N)nc1=O. The van der Waals surface area contributed by atoms with E-state index in [9.17, 15) is 14.7 Å². The smallest absolute Gasteiger partial charge is 0.351 e. The number of anilines is 1. The van der Waals surface area contributed by atoms with Crippen molar-refractivity contribution in [2.75, 3.05) is 19.5 Å². The molecule has 0 amide bonds. The number of aldehydes is 1. The van der Waals surface area contributed by atoms with Crippen molar-refractivity contribution in [3.05, 3.63) is 22.2 Å². The van der Waals surface area contributed by atoms with E-state index < -0.39 is 36.8 Å². The number of aromatic nitrogens is 2. The standard InChI is InChI=1S/C11H15N3O6/c1-19-8-7(17)6(4-16)20-10(8)14-2-5(3-15)9(12)13-11(14)18/h2-3,6-8,10,16-17H,4H2,1H3,(H2,12,13,18)/t6-,7+,8+,10-/m1/s1. The van der Waals surface area contributed by atoms with Crippen LogP contribution in [0.4, 0.5) is 5.82 Å². The summed E-state index contributed by atoms with van der Waals surface area (Å²) in [5.74, 6) is -0.188. The van der Waals surface area contributed by atoms with Crippen LogP contribution in [-0.2, 0) is 9.47 Å². The fraction of sp³-hybridized carbons (Fsp3) is 0.545. The van der Waals surface area contributed by atoms with Gasteiger partial charge in [-0.15, -0.1) is 0 Å². The van der Waals surface area contributed by atoms with Crippen LogP contribution in [0.2, 0.25) is 0 Å². The zero-order valence-electron chi connectivity index (χ0n) is 10.7. The lowest BCUT2D eigenvalue weighted by molar-refractivity contribution is -0.0624. The number of nitrogens with two attached hydrogens (primary N) is 1. The summed E-state index contributed by atoms with van der Waals surface area (Å²) >= 11 is 0. The number of aliphatic hydroxyl groups is 2. The van der Waals surface area contributed by atoms with Gasteiger partial charge in [-0.1, -0.05) is 0 Å². The number of aliphatic hydroxyl groups excluding tert-OH is 2. The number of rotatable bonds is 4. The summed E-state index contributed by atoms with van der Waals surface area (Å²) in [4.78, 5) is 26.2. The van der Waals surface area contributed by atoms with Gasteiger partial charge in [0, 0.05) is 13.3 Å². The van der Waals surface area contributed by atoms with Crippen LogP contribution in [0, 0.1) is 0 Å². The second-order valence-electron chi connectivity index (χ2n) is 4.33. The third-order valence-corrected chi connectivity index (χ3v) is 3.18. The molecule has 4 atom stereocenters. The molecule has 1 aliphatic heterocycles. The molecular weight excluding hydrogens is 270 g/mol. The van der Waals surface area contributed by atoms with Gasteiger partial charge in [0.05, 0.1) is 12.2 Å². The highest BCUT2D eigenvalue weighted by Gasteiger charge is 2.45. The summed E-state index contributed by atoms with van der Waals surface area (Å²) in [6.45, 7) is -0.435. The number of methoxy groups -OCH3 is 1. The van der Waals surface area contributed by atoms with Crippen molar-refractivity contribution in [3.8, 4) is 0 Å². The quantitative estimate of drug-likeness (QED) is 0.535. The lowest BCUT2D eigenvalue weighted by Gasteiger charge is -2.20. The molecule has 0 saturated carbocycles. The van der Waals surface area contributed by atoms with Crippen LogP contribution in [0.3, 0.4) is 0 Å². The molecule has 1 aromatic heterocycles. The van der Waals surface area contributed by atoms with Gasteiger partial charge >= 0.3 is 5.69 Å². The van der Waals surface area contributed by atoms with Gasteiger partial charge in [0.1, 0.15) is 24.1 Å². The van der Waals surface area contributed by atoms with Gasteiger partial charge in [-0.05, 0) is 0 Å². The fourth-order valence-electron chi connectivity index (χ4n) is 2.12. The second-order valence-corrected chi connectivity index (χ2v) is 4.33. The Labute approximate surface area is 113 Å². The number of carbonyl (C=O) groups excluding carboxylic acids is 1. The average Bonchev–Trinajstić information content (AvgIpc) is 2.75. The van der Waals surface area contributed by atoms with Crippen molar-refractivity contribution in [3.63, 3.8) is 0 Å². The van der Waals surface area contributed by atoms with E-state index in [0.29, 0.717) is 6.29 Å². The maximum atomic E-state index is 11.8. The Kier molecular flexibility index (Phi) is 4.14. The van der Waals surface area contributed by atoms with Crippen LogP contribution in [0.15, 0.2) is 11.0 Å². The lowest BCUT2D eigenvalue weighted by atomic mass is 10.1. The van der Waals surface area contributed by atoms with Crippen LogP contribution >= 0.6 is 0 Å². The van der Waals surface area contributed by atoms with E-state index in [1.165, 1.54) is 13.3 Å². The normalized spacial score (nSPS) is 29.6. The molecule has 1 fully saturated rings. The molecule has 2 rings (SSSR count). The molecule has 20 heavy (non-hydrogen) atoms. The minimum Gasteiger partial charge on any atom is -0.394 e. The molecule has 9 nitrogen and oxygen atoms in total. The van der Waals surface area contributed by atoms with Crippen LogP contribution in [0.5, 0.6) is 0 Å². The predicted molar refractivity (Wildman–Crippen MR) is 66.1 cm³/mol. The maximum Gasteiger partial charge on any atom is 0.351 e. The van der Waals surface area contributed by atoms with Crippen molar-refractivity contribution < 1.29 is 24.5 Å². The zero-order valence-corrected chi connectivity index (χ0v) is 10.7. The van der Waals surface area contributed by atoms with Crippen LogP contribution in [0.1, 0.15) is 16.6 Å². The Morgan fingerprint density at radius 1 is 1.65 bits per heavy atom. The predicted octanol–water partition coefficient (Wildman–Crippen LogP) is -2.10. The Balaban J connectivity index is 2.45. The number of hydrogen-bond acceptors (Lipinski definition) is 8. The third kappa shape index (κ3) is 2.31. The number of carbonyl (C=O) groups is 1. The average molecular weight is 285 g/mol. The van der Waals surface area contributed by atoms with Gasteiger partial charge in [-0.3, -0.25) is 9.36 Å². The molecule has 4 N–H and O–H groups in total. The first-order valence-corrected chi connectivity index (χ1v) is 5.84. The summed E-state index contributed by atoms with van der Waals surface area (Å²) in [6, 6.07) is 0. The van der Waals surface area contributed by atoms with Gasteiger partial charge in [0.2, 0.25) is 0 Å². The van der Waals surface area contributed by atoms with E-state index >= 15 is 0 Å². The van der Waals surface area contributed by atoms with Crippen molar-refractivity contribution in [2.24, 2.45) is 0 Å². The monoisotopic (exact) mass is 285 g/mol. The van der Waals surface area contributed by atoms with Crippen LogP contribution in [0.25, 0.3) is 0 Å². The van der Waals surface area contributed by atoms with Gasteiger partial charge in [0.25, 0.3) is 0 Å². The van der Waals surface area contributed by atoms with Crippen molar-refractivity contribution >= 4 is 12.1 Å². The molecule has 0 radical (unpaired) electrons. The molecule has 0 bridgehead atoms. The summed E-state index contributed by atoms with van der Waals surface area (Å²) < 4.78 is 11.5. The Bertz CT molecular complexity index is 560. The summed E-state index contributed by atoms with van der Waals surface area (Å²) in [5.41, 5.74) is 4.70. The van der Waals surface area contributed by atoms with Gasteiger partial charge in [0.15, 0.2) is 12.5 Å².